The molecule has 1 saturated heterocycles. The highest BCUT2D eigenvalue weighted by Crippen LogP contribution is 2.26. The molecule has 0 spiro atoms. The van der Waals surface area contributed by atoms with Gasteiger partial charge in [-0.2, -0.15) is 0 Å². The predicted molar refractivity (Wildman–Crippen MR) is 83.5 cm³/mol. The molecule has 6 heteroatoms. The largest absolute Gasteiger partial charge is 0.354 e. The quantitative estimate of drug-likeness (QED) is 0.923. The zero-order valence-electron chi connectivity index (χ0n) is 10.8. The zero-order valence-corrected chi connectivity index (χ0v) is 13.2. The van der Waals surface area contributed by atoms with E-state index in [-0.39, 0.29) is 5.91 Å². The van der Waals surface area contributed by atoms with E-state index in [0.717, 1.165) is 40.4 Å². The number of amides is 1. The Labute approximate surface area is 130 Å². The number of hydrogen-bond donors (Lipinski definition) is 1. The third kappa shape index (κ3) is 3.26. The summed E-state index contributed by atoms with van der Waals surface area (Å²) in [6.45, 7) is 2.80. The Morgan fingerprint density at radius 3 is 3.15 bits per heavy atom. The first-order valence-electron chi connectivity index (χ1n) is 6.40. The maximum absolute atomic E-state index is 11.4. The molecule has 0 atom stereocenters. The third-order valence-electron chi connectivity index (χ3n) is 3.13. The molecule has 1 N–H and O–H groups in total. The number of piperazine rings is 1. The van der Waals surface area contributed by atoms with Crippen molar-refractivity contribution in [3.8, 4) is 10.6 Å². The average Bonchev–Trinajstić information content (AvgIpc) is 2.87. The summed E-state index contributed by atoms with van der Waals surface area (Å²) < 4.78 is 1.06. The molecule has 3 rings (SSSR count). The van der Waals surface area contributed by atoms with Gasteiger partial charge in [0.15, 0.2) is 0 Å². The molecule has 1 aromatic carbocycles. The van der Waals surface area contributed by atoms with E-state index in [0.29, 0.717) is 6.54 Å². The Morgan fingerprint density at radius 2 is 2.35 bits per heavy atom. The van der Waals surface area contributed by atoms with Crippen LogP contribution in [0.1, 0.15) is 5.69 Å². The van der Waals surface area contributed by atoms with E-state index in [4.69, 9.17) is 0 Å². The van der Waals surface area contributed by atoms with Crippen molar-refractivity contribution in [2.45, 2.75) is 6.54 Å². The molecule has 2 heterocycles. The van der Waals surface area contributed by atoms with Gasteiger partial charge in [0.05, 0.1) is 12.2 Å². The van der Waals surface area contributed by atoms with E-state index in [1.165, 1.54) is 0 Å². The molecule has 1 amide bonds. The van der Waals surface area contributed by atoms with Crippen LogP contribution in [0.25, 0.3) is 10.6 Å². The normalized spacial score (nSPS) is 16.1. The van der Waals surface area contributed by atoms with Gasteiger partial charge in [0.1, 0.15) is 5.01 Å². The highest BCUT2D eigenvalue weighted by atomic mass is 79.9. The summed E-state index contributed by atoms with van der Waals surface area (Å²) in [6, 6.07) is 8.14. The fourth-order valence-corrected chi connectivity index (χ4v) is 3.40. The lowest BCUT2D eigenvalue weighted by atomic mass is 10.2. The molecule has 1 aliphatic heterocycles. The van der Waals surface area contributed by atoms with Gasteiger partial charge in [-0.1, -0.05) is 28.1 Å². The smallest absolute Gasteiger partial charge is 0.234 e. The van der Waals surface area contributed by atoms with Crippen LogP contribution in [0.3, 0.4) is 0 Å². The topological polar surface area (TPSA) is 45.2 Å². The fourth-order valence-electron chi connectivity index (χ4n) is 2.19. The molecular weight excluding hydrogens is 338 g/mol. The van der Waals surface area contributed by atoms with Crippen molar-refractivity contribution in [1.29, 1.82) is 0 Å². The van der Waals surface area contributed by atoms with Crippen LogP contribution in [-0.2, 0) is 11.3 Å². The van der Waals surface area contributed by atoms with Crippen molar-refractivity contribution >= 4 is 33.2 Å². The SMILES string of the molecule is O=C1CN(Cc2csc(-c3cccc(Br)c3)n2)CCN1. The third-order valence-corrected chi connectivity index (χ3v) is 4.56. The maximum atomic E-state index is 11.4. The Bertz CT molecular complexity index is 628. The molecule has 0 aliphatic carbocycles. The summed E-state index contributed by atoms with van der Waals surface area (Å²) in [5, 5.41) is 5.92. The van der Waals surface area contributed by atoms with Gasteiger partial charge in [-0.05, 0) is 12.1 Å². The number of carbonyl (C=O) groups excluding carboxylic acids is 1. The van der Waals surface area contributed by atoms with E-state index >= 15 is 0 Å². The van der Waals surface area contributed by atoms with Crippen LogP contribution >= 0.6 is 27.3 Å². The minimum atomic E-state index is 0.0960. The number of thiazole rings is 1. The van der Waals surface area contributed by atoms with Crippen LogP contribution in [0.2, 0.25) is 0 Å². The Kier molecular flexibility index (Phi) is 4.14. The Morgan fingerprint density at radius 1 is 1.45 bits per heavy atom. The standard InChI is InChI=1S/C14H14BrN3OS/c15-11-3-1-2-10(6-11)14-17-12(9-20-14)7-18-5-4-16-13(19)8-18/h1-3,6,9H,4-5,7-8H2,(H,16,19). The minimum absolute atomic E-state index is 0.0960. The maximum Gasteiger partial charge on any atom is 0.234 e. The second kappa shape index (κ2) is 6.03. The van der Waals surface area contributed by atoms with Crippen LogP contribution in [0.15, 0.2) is 34.1 Å². The summed E-state index contributed by atoms with van der Waals surface area (Å²) in [5.74, 6) is 0.0960. The number of carbonyl (C=O) groups is 1. The average molecular weight is 352 g/mol. The highest BCUT2D eigenvalue weighted by molar-refractivity contribution is 9.10. The number of benzene rings is 1. The molecule has 0 radical (unpaired) electrons. The van der Waals surface area contributed by atoms with Crippen molar-refractivity contribution in [1.82, 2.24) is 15.2 Å². The fraction of sp³-hybridized carbons (Fsp3) is 0.286. The van der Waals surface area contributed by atoms with Gasteiger partial charge in [-0.15, -0.1) is 11.3 Å². The van der Waals surface area contributed by atoms with Crippen molar-refractivity contribution in [3.63, 3.8) is 0 Å². The molecule has 2 aromatic rings. The molecule has 4 nitrogen and oxygen atoms in total. The van der Waals surface area contributed by atoms with Gasteiger partial charge >= 0.3 is 0 Å². The molecule has 0 saturated carbocycles. The van der Waals surface area contributed by atoms with Crippen molar-refractivity contribution in [2.24, 2.45) is 0 Å². The number of nitrogens with zero attached hydrogens (tertiary/aromatic N) is 2. The van der Waals surface area contributed by atoms with E-state index in [1.807, 2.05) is 12.1 Å². The van der Waals surface area contributed by atoms with Gasteiger partial charge in [0, 0.05) is 35.1 Å². The van der Waals surface area contributed by atoms with E-state index in [1.54, 1.807) is 11.3 Å². The lowest BCUT2D eigenvalue weighted by Gasteiger charge is -2.25. The molecular formula is C14H14BrN3OS. The second-order valence-electron chi connectivity index (χ2n) is 4.71. The molecule has 104 valence electrons. The molecule has 1 aliphatic rings. The van der Waals surface area contributed by atoms with Gasteiger partial charge in [0.2, 0.25) is 5.91 Å². The summed E-state index contributed by atoms with van der Waals surface area (Å²) >= 11 is 5.12. The first kappa shape index (κ1) is 13.7. The van der Waals surface area contributed by atoms with Gasteiger partial charge in [-0.25, -0.2) is 4.98 Å². The van der Waals surface area contributed by atoms with Crippen LogP contribution < -0.4 is 5.32 Å². The predicted octanol–water partition coefficient (Wildman–Crippen LogP) is 2.50. The highest BCUT2D eigenvalue weighted by Gasteiger charge is 2.17. The first-order chi connectivity index (χ1) is 9.70. The number of aromatic nitrogens is 1. The van der Waals surface area contributed by atoms with Gasteiger partial charge in [0.25, 0.3) is 0 Å². The molecule has 1 aromatic heterocycles. The number of nitrogens with one attached hydrogen (secondary N) is 1. The van der Waals surface area contributed by atoms with Crippen LogP contribution in [-0.4, -0.2) is 35.4 Å². The number of halogens is 1. The van der Waals surface area contributed by atoms with Gasteiger partial charge < -0.3 is 5.32 Å². The van der Waals surface area contributed by atoms with Crippen LogP contribution in [0.4, 0.5) is 0 Å². The summed E-state index contributed by atoms with van der Waals surface area (Å²) in [5.41, 5.74) is 2.15. The monoisotopic (exact) mass is 351 g/mol. The molecule has 20 heavy (non-hydrogen) atoms. The summed E-state index contributed by atoms with van der Waals surface area (Å²) in [6.07, 6.45) is 0. The molecule has 0 unspecified atom stereocenters. The summed E-state index contributed by atoms with van der Waals surface area (Å²) in [7, 11) is 0. The van der Waals surface area contributed by atoms with Crippen molar-refractivity contribution in [3.05, 3.63) is 39.8 Å². The number of hydrogen-bond acceptors (Lipinski definition) is 4. The van der Waals surface area contributed by atoms with E-state index in [9.17, 15) is 4.79 Å². The van der Waals surface area contributed by atoms with Gasteiger partial charge in [-0.3, -0.25) is 9.69 Å². The lowest BCUT2D eigenvalue weighted by Crippen LogP contribution is -2.47. The van der Waals surface area contributed by atoms with Crippen LogP contribution in [0, 0.1) is 0 Å². The Hall–Kier alpha value is -1.24. The molecule has 1 fully saturated rings. The van der Waals surface area contributed by atoms with E-state index in [2.05, 4.69) is 48.6 Å². The Balaban J connectivity index is 1.72. The lowest BCUT2D eigenvalue weighted by molar-refractivity contribution is -0.124. The first-order valence-corrected chi connectivity index (χ1v) is 8.07. The minimum Gasteiger partial charge on any atom is -0.354 e. The molecule has 0 bridgehead atoms. The summed E-state index contributed by atoms with van der Waals surface area (Å²) in [4.78, 5) is 18.1. The van der Waals surface area contributed by atoms with Crippen LogP contribution in [0.5, 0.6) is 0 Å². The van der Waals surface area contributed by atoms with Crippen molar-refractivity contribution in [2.75, 3.05) is 19.6 Å². The second-order valence-corrected chi connectivity index (χ2v) is 6.49. The van der Waals surface area contributed by atoms with E-state index < -0.39 is 0 Å². The number of rotatable bonds is 3. The van der Waals surface area contributed by atoms with Crippen molar-refractivity contribution < 1.29 is 4.79 Å². The zero-order chi connectivity index (χ0) is 13.9.